The molecule has 0 atom stereocenters. The van der Waals surface area contributed by atoms with Crippen molar-refractivity contribution >= 4 is 5.82 Å². The van der Waals surface area contributed by atoms with Gasteiger partial charge in [0, 0.05) is 12.1 Å². The molecule has 2 aromatic rings. The molecular formula is C20H21N5O. The molecule has 132 valence electrons. The van der Waals surface area contributed by atoms with E-state index >= 15 is 0 Å². The van der Waals surface area contributed by atoms with Gasteiger partial charge in [0.2, 0.25) is 0 Å². The number of nitriles is 2. The van der Waals surface area contributed by atoms with Gasteiger partial charge in [0.25, 0.3) is 5.56 Å². The van der Waals surface area contributed by atoms with E-state index in [0.29, 0.717) is 12.1 Å². The molecule has 3 N–H and O–H groups in total. The number of likely N-dealkylation sites (tertiary alicyclic amines) is 1. The van der Waals surface area contributed by atoms with Gasteiger partial charge in [-0.15, -0.1) is 0 Å². The van der Waals surface area contributed by atoms with E-state index in [-0.39, 0.29) is 16.9 Å². The summed E-state index contributed by atoms with van der Waals surface area (Å²) >= 11 is 0. The van der Waals surface area contributed by atoms with E-state index in [1.165, 1.54) is 0 Å². The van der Waals surface area contributed by atoms with Crippen LogP contribution in [-0.2, 0) is 6.54 Å². The molecule has 2 heterocycles. The lowest BCUT2D eigenvalue weighted by Gasteiger charge is -2.30. The molecule has 3 rings (SSSR count). The first kappa shape index (κ1) is 17.7. The molecule has 1 aliphatic heterocycles. The summed E-state index contributed by atoms with van der Waals surface area (Å²) in [7, 11) is 0. The third-order valence-electron chi connectivity index (χ3n) is 5.03. The van der Waals surface area contributed by atoms with Gasteiger partial charge in [-0.25, -0.2) is 0 Å². The molecule has 0 amide bonds. The number of rotatable bonds is 3. The van der Waals surface area contributed by atoms with Gasteiger partial charge in [0.1, 0.15) is 29.1 Å². The van der Waals surface area contributed by atoms with Crippen molar-refractivity contribution in [2.75, 3.05) is 18.8 Å². The fraction of sp³-hybridized carbons (Fsp3) is 0.350. The third-order valence-corrected chi connectivity index (χ3v) is 5.03. The van der Waals surface area contributed by atoms with Crippen molar-refractivity contribution in [3.8, 4) is 23.3 Å². The predicted octanol–water partition coefficient (Wildman–Crippen LogP) is 2.60. The minimum Gasteiger partial charge on any atom is -0.384 e. The standard InChI is InChI=1S/C20H21N5O/c1-13-6-8-25(9-7-13)12-14-4-2-3-5-15(14)18-16(10-21)19(23)24-20(26)17(18)11-22/h2-5,13H,6-9,12H2,1H3,(H3,23,24,26). The maximum Gasteiger partial charge on any atom is 0.268 e. The number of aromatic amines is 1. The molecule has 0 radical (unpaired) electrons. The first-order valence-electron chi connectivity index (χ1n) is 8.71. The Bertz CT molecular complexity index is 956. The zero-order chi connectivity index (χ0) is 18.7. The Kier molecular flexibility index (Phi) is 5.06. The minimum absolute atomic E-state index is 0.00639. The van der Waals surface area contributed by atoms with Crippen molar-refractivity contribution in [1.29, 1.82) is 10.5 Å². The van der Waals surface area contributed by atoms with Crippen molar-refractivity contribution in [3.63, 3.8) is 0 Å². The topological polar surface area (TPSA) is 110 Å². The van der Waals surface area contributed by atoms with Crippen LogP contribution in [0.3, 0.4) is 0 Å². The van der Waals surface area contributed by atoms with Crippen molar-refractivity contribution in [2.24, 2.45) is 5.92 Å². The van der Waals surface area contributed by atoms with Crippen LogP contribution < -0.4 is 11.3 Å². The zero-order valence-corrected chi connectivity index (χ0v) is 14.7. The number of hydrogen-bond donors (Lipinski definition) is 2. The molecule has 0 aliphatic carbocycles. The highest BCUT2D eigenvalue weighted by atomic mass is 16.1. The highest BCUT2D eigenvalue weighted by Gasteiger charge is 2.22. The molecule has 6 heteroatoms. The number of aromatic nitrogens is 1. The minimum atomic E-state index is -0.569. The largest absolute Gasteiger partial charge is 0.384 e. The number of hydrogen-bond acceptors (Lipinski definition) is 5. The van der Waals surface area contributed by atoms with Crippen molar-refractivity contribution in [1.82, 2.24) is 9.88 Å². The molecule has 0 unspecified atom stereocenters. The van der Waals surface area contributed by atoms with Crippen LogP contribution in [0.5, 0.6) is 0 Å². The van der Waals surface area contributed by atoms with Gasteiger partial charge in [-0.2, -0.15) is 10.5 Å². The Morgan fingerprint density at radius 1 is 1.19 bits per heavy atom. The van der Waals surface area contributed by atoms with Crippen LogP contribution in [-0.4, -0.2) is 23.0 Å². The van der Waals surface area contributed by atoms with Gasteiger partial charge in [0.15, 0.2) is 0 Å². The number of piperidine rings is 1. The molecule has 1 aliphatic rings. The Morgan fingerprint density at radius 2 is 1.85 bits per heavy atom. The Labute approximate surface area is 152 Å². The number of nitrogens with one attached hydrogen (secondary N) is 1. The van der Waals surface area contributed by atoms with E-state index in [4.69, 9.17) is 5.73 Å². The smallest absolute Gasteiger partial charge is 0.268 e. The summed E-state index contributed by atoms with van der Waals surface area (Å²) in [4.78, 5) is 17.0. The predicted molar refractivity (Wildman–Crippen MR) is 100 cm³/mol. The summed E-state index contributed by atoms with van der Waals surface area (Å²) in [5.74, 6) is 0.734. The number of nitrogens with zero attached hydrogens (tertiary/aromatic N) is 3. The fourth-order valence-electron chi connectivity index (χ4n) is 3.48. The number of nitrogen functional groups attached to an aromatic ring is 1. The first-order valence-corrected chi connectivity index (χ1v) is 8.71. The van der Waals surface area contributed by atoms with Crippen molar-refractivity contribution in [2.45, 2.75) is 26.3 Å². The van der Waals surface area contributed by atoms with E-state index in [2.05, 4.69) is 16.8 Å². The zero-order valence-electron chi connectivity index (χ0n) is 14.7. The molecule has 6 nitrogen and oxygen atoms in total. The SMILES string of the molecule is CC1CCN(Cc2ccccc2-c2c(C#N)c(N)[nH]c(=O)c2C#N)CC1. The van der Waals surface area contributed by atoms with Gasteiger partial charge in [-0.1, -0.05) is 31.2 Å². The van der Waals surface area contributed by atoms with Crippen LogP contribution in [0.25, 0.3) is 11.1 Å². The number of H-pyrrole nitrogens is 1. The molecule has 1 aromatic carbocycles. The lowest BCUT2D eigenvalue weighted by atomic mass is 9.92. The monoisotopic (exact) mass is 347 g/mol. The number of nitrogens with two attached hydrogens (primary N) is 1. The highest BCUT2D eigenvalue weighted by molar-refractivity contribution is 5.81. The fourth-order valence-corrected chi connectivity index (χ4v) is 3.48. The Hall–Kier alpha value is -3.09. The van der Waals surface area contributed by atoms with E-state index in [1.807, 2.05) is 36.4 Å². The van der Waals surface area contributed by atoms with Gasteiger partial charge in [-0.3, -0.25) is 9.69 Å². The molecule has 0 saturated carbocycles. The van der Waals surface area contributed by atoms with Crippen LogP contribution in [0.4, 0.5) is 5.82 Å². The average Bonchev–Trinajstić information content (AvgIpc) is 2.63. The first-order chi connectivity index (χ1) is 12.5. The van der Waals surface area contributed by atoms with Gasteiger partial charge in [-0.05, 0) is 43.0 Å². The summed E-state index contributed by atoms with van der Waals surface area (Å²) in [5.41, 5.74) is 7.38. The van der Waals surface area contributed by atoms with E-state index in [0.717, 1.165) is 43.0 Å². The quantitative estimate of drug-likeness (QED) is 0.887. The number of anilines is 1. The summed E-state index contributed by atoms with van der Waals surface area (Å²) < 4.78 is 0. The van der Waals surface area contributed by atoms with Crippen LogP contribution in [0.1, 0.15) is 36.5 Å². The van der Waals surface area contributed by atoms with Crippen LogP contribution >= 0.6 is 0 Å². The lowest BCUT2D eigenvalue weighted by molar-refractivity contribution is 0.185. The molecule has 26 heavy (non-hydrogen) atoms. The average molecular weight is 347 g/mol. The lowest BCUT2D eigenvalue weighted by Crippen LogP contribution is -2.32. The maximum atomic E-state index is 12.2. The maximum absolute atomic E-state index is 12.2. The van der Waals surface area contributed by atoms with Gasteiger partial charge >= 0.3 is 0 Å². The Morgan fingerprint density at radius 3 is 2.50 bits per heavy atom. The summed E-state index contributed by atoms with van der Waals surface area (Å²) in [6.07, 6.45) is 2.32. The second kappa shape index (κ2) is 7.43. The summed E-state index contributed by atoms with van der Waals surface area (Å²) in [6, 6.07) is 11.6. The van der Waals surface area contributed by atoms with Crippen LogP contribution in [0, 0.1) is 28.6 Å². The van der Waals surface area contributed by atoms with Crippen molar-refractivity contribution in [3.05, 3.63) is 51.3 Å². The highest BCUT2D eigenvalue weighted by Crippen LogP contribution is 2.32. The Balaban J connectivity index is 2.11. The molecule has 1 fully saturated rings. The van der Waals surface area contributed by atoms with Crippen LogP contribution in [0.15, 0.2) is 29.1 Å². The third kappa shape index (κ3) is 3.33. The molecule has 0 bridgehead atoms. The van der Waals surface area contributed by atoms with Gasteiger partial charge < -0.3 is 10.7 Å². The molecular weight excluding hydrogens is 326 g/mol. The van der Waals surface area contributed by atoms with E-state index in [1.54, 1.807) is 0 Å². The second-order valence-corrected chi connectivity index (χ2v) is 6.83. The number of benzene rings is 1. The molecule has 0 spiro atoms. The van der Waals surface area contributed by atoms with Gasteiger partial charge in [0.05, 0.1) is 0 Å². The van der Waals surface area contributed by atoms with Crippen molar-refractivity contribution < 1.29 is 0 Å². The molecule has 1 saturated heterocycles. The van der Waals surface area contributed by atoms with E-state index in [9.17, 15) is 15.3 Å². The van der Waals surface area contributed by atoms with E-state index < -0.39 is 5.56 Å². The van der Waals surface area contributed by atoms with Crippen LogP contribution in [0.2, 0.25) is 0 Å². The molecule has 1 aromatic heterocycles. The number of pyridine rings is 1. The summed E-state index contributed by atoms with van der Waals surface area (Å²) in [6.45, 7) is 5.01. The summed E-state index contributed by atoms with van der Waals surface area (Å²) in [5, 5.41) is 19.0. The second-order valence-electron chi connectivity index (χ2n) is 6.83. The normalized spacial score (nSPS) is 15.3.